The maximum absolute atomic E-state index is 13.8. The molecule has 4 heteroatoms. The van der Waals surface area contributed by atoms with Gasteiger partial charge in [-0.25, -0.2) is 8.78 Å². The molecule has 0 aliphatic carbocycles. The van der Waals surface area contributed by atoms with E-state index in [9.17, 15) is 8.78 Å². The maximum Gasteiger partial charge on any atom is 0.134 e. The molecule has 1 saturated heterocycles. The summed E-state index contributed by atoms with van der Waals surface area (Å²) < 4.78 is 26.8. The third-order valence-electron chi connectivity index (χ3n) is 4.84. The van der Waals surface area contributed by atoms with E-state index in [2.05, 4.69) is 36.9 Å². The predicted molar refractivity (Wildman–Crippen MR) is 88.9 cm³/mol. The molecule has 1 fully saturated rings. The van der Waals surface area contributed by atoms with Crippen LogP contribution in [0.2, 0.25) is 0 Å². The zero-order valence-corrected chi connectivity index (χ0v) is 13.7. The third-order valence-corrected chi connectivity index (χ3v) is 4.84. The fraction of sp³-hybridized carbons (Fsp3) is 0.368. The minimum Gasteiger partial charge on any atom is -0.360 e. The van der Waals surface area contributed by atoms with Gasteiger partial charge in [0.05, 0.1) is 26.2 Å². The summed E-state index contributed by atoms with van der Waals surface area (Å²) >= 11 is 0. The van der Waals surface area contributed by atoms with Crippen LogP contribution < -0.4 is 9.80 Å². The fourth-order valence-corrected chi connectivity index (χ4v) is 3.25. The van der Waals surface area contributed by atoms with Gasteiger partial charge in [-0.05, 0) is 43.2 Å². The number of benzene rings is 2. The molecular formula is C19H23F2N2+. The molecular weight excluding hydrogens is 294 g/mol. The fourth-order valence-electron chi connectivity index (χ4n) is 3.25. The molecule has 1 heterocycles. The number of piperazine rings is 1. The average Bonchev–Trinajstić information content (AvgIpc) is 2.54. The minimum atomic E-state index is -0.513. The Morgan fingerprint density at radius 1 is 1.04 bits per heavy atom. The number of hydrogen-bond acceptors (Lipinski definition) is 1. The zero-order valence-electron chi connectivity index (χ0n) is 13.7. The highest BCUT2D eigenvalue weighted by molar-refractivity contribution is 5.56. The Kier molecular flexibility index (Phi) is 4.62. The van der Waals surface area contributed by atoms with E-state index in [1.165, 1.54) is 27.8 Å². The molecule has 2 aromatic rings. The molecule has 0 amide bonds. The van der Waals surface area contributed by atoms with Crippen molar-refractivity contribution in [3.05, 3.63) is 64.7 Å². The van der Waals surface area contributed by atoms with Gasteiger partial charge < -0.3 is 9.80 Å². The van der Waals surface area contributed by atoms with Gasteiger partial charge in [-0.2, -0.15) is 0 Å². The first-order valence-electron chi connectivity index (χ1n) is 8.13. The van der Waals surface area contributed by atoms with Crippen LogP contribution in [0.25, 0.3) is 0 Å². The van der Waals surface area contributed by atoms with Crippen LogP contribution in [0, 0.1) is 25.5 Å². The van der Waals surface area contributed by atoms with Gasteiger partial charge in [-0.1, -0.05) is 12.1 Å². The number of quaternary nitrogens is 1. The normalized spacial score (nSPS) is 15.9. The number of rotatable bonds is 3. The Hall–Kier alpha value is -1.94. The van der Waals surface area contributed by atoms with Gasteiger partial charge in [0.15, 0.2) is 0 Å². The second kappa shape index (κ2) is 6.67. The molecule has 0 bridgehead atoms. The SMILES string of the molecule is Cc1cccc(N2CC[NH+](Cc3ccc(F)cc3F)CC2)c1C. The Balaban J connectivity index is 1.63. The number of nitrogens with zero attached hydrogens (tertiary/aromatic N) is 1. The number of aryl methyl sites for hydroxylation is 1. The molecule has 0 atom stereocenters. The monoisotopic (exact) mass is 317 g/mol. The second-order valence-corrected chi connectivity index (χ2v) is 6.37. The zero-order chi connectivity index (χ0) is 16.4. The van der Waals surface area contributed by atoms with Crippen LogP contribution in [0.5, 0.6) is 0 Å². The molecule has 0 spiro atoms. The summed E-state index contributed by atoms with van der Waals surface area (Å²) in [5.41, 5.74) is 4.55. The topological polar surface area (TPSA) is 7.68 Å². The third kappa shape index (κ3) is 3.53. The van der Waals surface area contributed by atoms with E-state index < -0.39 is 11.6 Å². The van der Waals surface area contributed by atoms with E-state index in [0.29, 0.717) is 12.1 Å². The van der Waals surface area contributed by atoms with Gasteiger partial charge >= 0.3 is 0 Å². The van der Waals surface area contributed by atoms with Crippen molar-refractivity contribution >= 4 is 5.69 Å². The van der Waals surface area contributed by atoms with Gasteiger partial charge in [0.1, 0.15) is 18.2 Å². The summed E-state index contributed by atoms with van der Waals surface area (Å²) in [7, 11) is 0. The van der Waals surface area contributed by atoms with Crippen molar-refractivity contribution in [2.24, 2.45) is 0 Å². The molecule has 0 saturated carbocycles. The Labute approximate surface area is 136 Å². The van der Waals surface area contributed by atoms with Crippen molar-refractivity contribution in [3.63, 3.8) is 0 Å². The molecule has 0 unspecified atom stereocenters. The summed E-state index contributed by atoms with van der Waals surface area (Å²) in [6.07, 6.45) is 0. The van der Waals surface area contributed by atoms with Gasteiger partial charge in [-0.3, -0.25) is 0 Å². The van der Waals surface area contributed by atoms with E-state index in [1.54, 1.807) is 6.07 Å². The Morgan fingerprint density at radius 3 is 2.48 bits per heavy atom. The molecule has 2 aromatic carbocycles. The standard InChI is InChI=1S/C19H22F2N2/c1-14-4-3-5-19(15(14)2)23-10-8-22(9-11-23)13-16-6-7-17(20)12-18(16)21/h3-7,12H,8-11,13H2,1-2H3/p+1. The Morgan fingerprint density at radius 2 is 1.78 bits per heavy atom. The smallest absolute Gasteiger partial charge is 0.134 e. The number of nitrogens with one attached hydrogen (secondary N) is 1. The molecule has 2 nitrogen and oxygen atoms in total. The number of hydrogen-bond donors (Lipinski definition) is 1. The van der Waals surface area contributed by atoms with Crippen LogP contribution in [0.3, 0.4) is 0 Å². The maximum atomic E-state index is 13.8. The van der Waals surface area contributed by atoms with Crippen LogP contribution in [0.1, 0.15) is 16.7 Å². The molecule has 0 radical (unpaired) electrons. The lowest BCUT2D eigenvalue weighted by Gasteiger charge is -2.34. The highest BCUT2D eigenvalue weighted by Gasteiger charge is 2.22. The van der Waals surface area contributed by atoms with Gasteiger partial charge in [0, 0.05) is 17.3 Å². The first-order chi connectivity index (χ1) is 11.0. The molecule has 122 valence electrons. The van der Waals surface area contributed by atoms with Gasteiger partial charge in [-0.15, -0.1) is 0 Å². The number of anilines is 1. The van der Waals surface area contributed by atoms with Crippen molar-refractivity contribution < 1.29 is 13.7 Å². The van der Waals surface area contributed by atoms with Crippen molar-refractivity contribution in [2.45, 2.75) is 20.4 Å². The lowest BCUT2D eigenvalue weighted by atomic mass is 10.1. The highest BCUT2D eigenvalue weighted by atomic mass is 19.1. The summed E-state index contributed by atoms with van der Waals surface area (Å²) in [6, 6.07) is 10.3. The molecule has 0 aromatic heterocycles. The van der Waals surface area contributed by atoms with Crippen molar-refractivity contribution in [1.82, 2.24) is 0 Å². The van der Waals surface area contributed by atoms with E-state index in [-0.39, 0.29) is 0 Å². The van der Waals surface area contributed by atoms with Crippen molar-refractivity contribution in [3.8, 4) is 0 Å². The van der Waals surface area contributed by atoms with Crippen molar-refractivity contribution in [1.29, 1.82) is 0 Å². The van der Waals surface area contributed by atoms with E-state index >= 15 is 0 Å². The van der Waals surface area contributed by atoms with Gasteiger partial charge in [0.25, 0.3) is 0 Å². The molecule has 1 aliphatic heterocycles. The van der Waals surface area contributed by atoms with Crippen LogP contribution in [-0.2, 0) is 6.54 Å². The summed E-state index contributed by atoms with van der Waals surface area (Å²) in [6.45, 7) is 8.77. The van der Waals surface area contributed by atoms with E-state index in [1.807, 2.05) is 0 Å². The summed E-state index contributed by atoms with van der Waals surface area (Å²) in [5.74, 6) is -0.949. The molecule has 1 N–H and O–H groups in total. The second-order valence-electron chi connectivity index (χ2n) is 6.37. The molecule has 23 heavy (non-hydrogen) atoms. The highest BCUT2D eigenvalue weighted by Crippen LogP contribution is 2.22. The quantitative estimate of drug-likeness (QED) is 0.914. The first-order valence-corrected chi connectivity index (χ1v) is 8.13. The average molecular weight is 317 g/mol. The largest absolute Gasteiger partial charge is 0.360 e. The van der Waals surface area contributed by atoms with Crippen molar-refractivity contribution in [2.75, 3.05) is 31.1 Å². The van der Waals surface area contributed by atoms with E-state index in [4.69, 9.17) is 0 Å². The van der Waals surface area contributed by atoms with E-state index in [0.717, 1.165) is 32.2 Å². The summed E-state index contributed by atoms with van der Waals surface area (Å²) in [5, 5.41) is 0. The lowest BCUT2D eigenvalue weighted by molar-refractivity contribution is -0.914. The minimum absolute atomic E-state index is 0.436. The van der Waals surface area contributed by atoms with Crippen LogP contribution >= 0.6 is 0 Å². The summed E-state index contributed by atoms with van der Waals surface area (Å²) in [4.78, 5) is 3.75. The molecule has 3 rings (SSSR count). The first kappa shape index (κ1) is 15.9. The van der Waals surface area contributed by atoms with Crippen LogP contribution in [0.15, 0.2) is 36.4 Å². The lowest BCUT2D eigenvalue weighted by Crippen LogP contribution is -3.13. The number of halogens is 2. The van der Waals surface area contributed by atoms with Crippen LogP contribution in [0.4, 0.5) is 14.5 Å². The van der Waals surface area contributed by atoms with Gasteiger partial charge in [0.2, 0.25) is 0 Å². The molecule has 1 aliphatic rings. The van der Waals surface area contributed by atoms with Crippen LogP contribution in [-0.4, -0.2) is 26.2 Å². The predicted octanol–water partition coefficient (Wildman–Crippen LogP) is 2.49. The Bertz CT molecular complexity index is 692.